The molecular formula is C102H81B2N3O2. The van der Waals surface area contributed by atoms with Crippen molar-refractivity contribution in [1.29, 1.82) is 0 Å². The number of anilines is 6. The van der Waals surface area contributed by atoms with Gasteiger partial charge in [-0.15, -0.1) is 0 Å². The molecule has 20 rings (SSSR count). The SMILES string of the molecule is [2H]c1c([2H])c(-c2ccccc2)c([2H])c2c1Oc1c([2H])c3c(c4c1B2c1c([2H])c(-c2ccccc2)c([2H])c([2H])c1O4)B1c2c(cc(C(C)(C)C)cc2N3c2c(-c3ccccc3)cc(C(C)(C)C)cc2-c2ccccc2)N(c2c(-c3ccccc3)cc(C(C)(C)C)cc2-c2ccccc2)c2c([2H])c(-n3c4c([2H])c([2H])c([2H])c([2H])c4c4c([2H])c([2H])c([2H])c([2H])c43)c([2H])c([2H])c21. The minimum Gasteiger partial charge on any atom is -0.459 e. The van der Waals surface area contributed by atoms with Gasteiger partial charge in [-0.1, -0.05) is 311 Å². The molecule has 0 saturated carbocycles. The van der Waals surface area contributed by atoms with Crippen LogP contribution in [0.15, 0.2) is 327 Å². The summed E-state index contributed by atoms with van der Waals surface area (Å²) < 4.78 is 203. The molecule has 0 aliphatic carbocycles. The fourth-order valence-electron chi connectivity index (χ4n) is 16.4. The van der Waals surface area contributed by atoms with Gasteiger partial charge in [0.25, 0.3) is 13.4 Å². The van der Waals surface area contributed by atoms with Gasteiger partial charge in [0.05, 0.1) is 47.1 Å². The first-order chi connectivity index (χ1) is 60.5. The monoisotopic (exact) mass is 1420 g/mol. The Hall–Kier alpha value is -12.6. The van der Waals surface area contributed by atoms with Crippen molar-refractivity contribution >= 4 is 102 Å². The summed E-state index contributed by atoms with van der Waals surface area (Å²) in [7, 11) is 0. The number of para-hydroxylation sites is 2. The van der Waals surface area contributed by atoms with E-state index in [1.54, 1.807) is 60.7 Å². The first-order valence-electron chi connectivity index (χ1n) is 46.0. The van der Waals surface area contributed by atoms with Gasteiger partial charge in [-0.3, -0.25) is 0 Å². The van der Waals surface area contributed by atoms with Gasteiger partial charge in [0, 0.05) is 73.0 Å². The van der Waals surface area contributed by atoms with Crippen molar-refractivity contribution < 1.29 is 34.1 Å². The second-order valence-electron chi connectivity index (χ2n) is 31.7. The Morgan fingerprint density at radius 3 is 1.11 bits per heavy atom. The summed E-state index contributed by atoms with van der Waals surface area (Å²) in [4.78, 5) is 4.03. The zero-order valence-corrected chi connectivity index (χ0v) is 61.6. The predicted octanol–water partition coefficient (Wildman–Crippen LogP) is 23.5. The highest BCUT2D eigenvalue weighted by atomic mass is 16.5. The molecule has 0 unspecified atom stereocenters. The first kappa shape index (κ1) is 49.3. The number of ether oxygens (including phenoxy) is 2. The zero-order valence-electron chi connectivity index (χ0n) is 79.6. The molecule has 16 aromatic rings. The van der Waals surface area contributed by atoms with Crippen LogP contribution >= 0.6 is 0 Å². The molecule has 0 N–H and O–H groups in total. The Morgan fingerprint density at radius 1 is 0.303 bits per heavy atom. The molecule has 5 heterocycles. The van der Waals surface area contributed by atoms with E-state index in [9.17, 15) is 24.7 Å². The van der Waals surface area contributed by atoms with Gasteiger partial charge < -0.3 is 23.8 Å². The van der Waals surface area contributed by atoms with Crippen molar-refractivity contribution in [2.45, 2.75) is 78.6 Å². The Labute approximate surface area is 665 Å². The first-order valence-corrected chi connectivity index (χ1v) is 37.0. The second-order valence-corrected chi connectivity index (χ2v) is 31.7. The van der Waals surface area contributed by atoms with E-state index in [-0.39, 0.29) is 108 Å². The van der Waals surface area contributed by atoms with E-state index in [1.165, 1.54) is 0 Å². The lowest BCUT2D eigenvalue weighted by atomic mass is 9.30. The Morgan fingerprint density at radius 2 is 0.688 bits per heavy atom. The molecule has 0 saturated heterocycles. The summed E-state index contributed by atoms with van der Waals surface area (Å²) in [5.41, 5.74) is 8.08. The molecule has 5 nitrogen and oxygen atoms in total. The topological polar surface area (TPSA) is 29.9 Å². The number of aromatic nitrogens is 1. The van der Waals surface area contributed by atoms with E-state index >= 15 is 0 Å². The molecule has 4 aliphatic heterocycles. The largest absolute Gasteiger partial charge is 0.459 e. The normalized spacial score (nSPS) is 15.6. The highest BCUT2D eigenvalue weighted by Gasteiger charge is 2.52. The second kappa shape index (κ2) is 25.0. The number of fused-ring (bicyclic) bond motifs is 12. The van der Waals surface area contributed by atoms with Crippen molar-refractivity contribution in [1.82, 2.24) is 4.57 Å². The van der Waals surface area contributed by atoms with Gasteiger partial charge in [-0.05, 0) is 177 Å². The molecule has 4 aliphatic rings. The van der Waals surface area contributed by atoms with E-state index in [1.807, 2.05) is 126 Å². The van der Waals surface area contributed by atoms with Crippen LogP contribution in [0.5, 0.6) is 23.0 Å². The van der Waals surface area contributed by atoms with Gasteiger partial charge >= 0.3 is 0 Å². The van der Waals surface area contributed by atoms with Gasteiger partial charge in [0.15, 0.2) is 0 Å². The van der Waals surface area contributed by atoms with E-state index in [4.69, 9.17) is 9.47 Å². The lowest BCUT2D eigenvalue weighted by molar-refractivity contribution is 0.467. The van der Waals surface area contributed by atoms with Crippen molar-refractivity contribution in [2.24, 2.45) is 0 Å². The third-order valence-electron chi connectivity index (χ3n) is 21.8. The van der Waals surface area contributed by atoms with Crippen LogP contribution in [0.4, 0.5) is 34.1 Å². The maximum atomic E-state index is 12.0. The third-order valence-corrected chi connectivity index (χ3v) is 21.8. The van der Waals surface area contributed by atoms with Gasteiger partial charge in [0.2, 0.25) is 0 Å². The molecule has 0 fully saturated rings. The lowest BCUT2D eigenvalue weighted by Crippen LogP contribution is -2.65. The number of nitrogens with zero attached hydrogens (tertiary/aromatic N) is 3. The molecule has 0 atom stereocenters. The summed E-state index contributed by atoms with van der Waals surface area (Å²) in [6.07, 6.45) is 0. The highest BCUT2D eigenvalue weighted by molar-refractivity contribution is 7.03. The van der Waals surface area contributed by atoms with E-state index in [0.29, 0.717) is 67.2 Å². The highest BCUT2D eigenvalue weighted by Crippen LogP contribution is 2.57. The minimum atomic E-state index is -1.56. The maximum absolute atomic E-state index is 12.0. The van der Waals surface area contributed by atoms with Crippen LogP contribution in [0.1, 0.15) is 104 Å². The van der Waals surface area contributed by atoms with Crippen LogP contribution < -0.4 is 52.1 Å². The smallest absolute Gasteiger partial charge is 0.260 e. The summed E-state index contributed by atoms with van der Waals surface area (Å²) in [6, 6.07) is 59.8. The number of hydrogen-bond acceptors (Lipinski definition) is 4. The number of hydrogen-bond donors (Lipinski definition) is 0. The van der Waals surface area contributed by atoms with E-state index in [2.05, 4.69) is 104 Å². The van der Waals surface area contributed by atoms with Crippen molar-refractivity contribution in [3.63, 3.8) is 0 Å². The predicted molar refractivity (Wildman–Crippen MR) is 461 cm³/mol. The zero-order chi connectivity index (χ0) is 89.4. The van der Waals surface area contributed by atoms with Crippen LogP contribution in [0, 0.1) is 0 Å². The quantitative estimate of drug-likeness (QED) is 0.135. The third kappa shape index (κ3) is 10.7. The average Bonchev–Trinajstić information content (AvgIpc) is 1.01. The van der Waals surface area contributed by atoms with Gasteiger partial charge in [0.1, 0.15) is 23.0 Å². The fourth-order valence-corrected chi connectivity index (χ4v) is 16.4. The molecule has 15 aromatic carbocycles. The molecule has 7 heteroatoms. The van der Waals surface area contributed by atoms with Crippen LogP contribution in [0.25, 0.3) is 94.3 Å². The minimum absolute atomic E-state index is 0.00754. The van der Waals surface area contributed by atoms with E-state index < -0.39 is 131 Å². The van der Waals surface area contributed by atoms with E-state index in [0.717, 1.165) is 37.9 Å². The number of rotatable bonds is 9. The Kier molecular flexibility index (Phi) is 11.3. The van der Waals surface area contributed by atoms with Crippen LogP contribution in [0.2, 0.25) is 0 Å². The molecule has 0 bridgehead atoms. The molecule has 1 aromatic heterocycles. The van der Waals surface area contributed by atoms with Crippen LogP contribution in [-0.4, -0.2) is 18.0 Å². The van der Waals surface area contributed by atoms with Crippen molar-refractivity contribution in [3.8, 4) is 95.4 Å². The number of benzene rings is 15. The summed E-state index contributed by atoms with van der Waals surface area (Å²) in [6.45, 7) is 16.0. The summed E-state index contributed by atoms with van der Waals surface area (Å²) in [5, 5.41) is -0.645. The van der Waals surface area contributed by atoms with Gasteiger partial charge in [-0.2, -0.15) is 0 Å². The Bertz CT molecular complexity index is 7230. The van der Waals surface area contributed by atoms with Crippen LogP contribution in [-0.2, 0) is 16.2 Å². The lowest BCUT2D eigenvalue weighted by Gasteiger charge is -2.48. The summed E-state index contributed by atoms with van der Waals surface area (Å²) >= 11 is 0. The molecule has 0 spiro atoms. The summed E-state index contributed by atoms with van der Waals surface area (Å²) in [5.74, 6) is -0.899. The maximum Gasteiger partial charge on any atom is 0.260 e. The van der Waals surface area contributed by atoms with Crippen molar-refractivity contribution in [3.05, 3.63) is 344 Å². The average molecular weight is 1420 g/mol. The molecule has 0 radical (unpaired) electrons. The standard InChI is InChI=1S/C102H81B2N3O2/c1-100(2,3)72-56-78(66-36-20-12-21-37-66)97(79(57-72)67-38-22-13-23-39-67)106-87-62-75(105-85-46-30-28-44-76(85)77-45-29-31-47-86(77)105)50-51-82(87)104-94-88(106)60-74(102(7,8)9)61-89(94)107(98-80(68-40-24-14-25-41-68)58-73(101(4,5)6)59-81(98)69-42-26-15-27-43-69)90-63-93-96-99(95(90)104)109-92-53-49-71(65-34-18-11-19-35-65)55-84(92)103(96)83-54-70(48-52-91(83)108-93)64-32-16-10-17-33-64/h10-63H,1-9H3/i28D,29D,30D,31D,44D,45D,46D,47D,48D,49D,50D,51D,52D,53D,54D,55D,62D,63D. The molecule has 522 valence electrons. The molecule has 109 heavy (non-hydrogen) atoms. The van der Waals surface area contributed by atoms with Crippen molar-refractivity contribution in [2.75, 3.05) is 9.80 Å². The Balaban J connectivity index is 1.06. The fraction of sp³-hybridized carbons (Fsp3) is 0.118. The molecule has 0 amide bonds. The van der Waals surface area contributed by atoms with Crippen LogP contribution in [0.3, 0.4) is 0 Å². The molecular weight excluding hydrogens is 1320 g/mol. The van der Waals surface area contributed by atoms with Gasteiger partial charge in [-0.25, -0.2) is 0 Å².